The number of aromatic amines is 1. The minimum atomic E-state index is 0.924. The zero-order valence-corrected chi connectivity index (χ0v) is 8.12. The van der Waals surface area contributed by atoms with E-state index in [1.54, 1.807) is 12.4 Å². The largest absolute Gasteiger partial charge is 0.340 e. The van der Waals surface area contributed by atoms with Crippen molar-refractivity contribution < 1.29 is 0 Å². The van der Waals surface area contributed by atoms with Gasteiger partial charge in [-0.25, -0.2) is 4.98 Å². The van der Waals surface area contributed by atoms with Gasteiger partial charge in [-0.1, -0.05) is 0 Å². The van der Waals surface area contributed by atoms with Gasteiger partial charge in [-0.15, -0.1) is 0 Å². The highest BCUT2D eigenvalue weighted by Crippen LogP contribution is 2.23. The van der Waals surface area contributed by atoms with Crippen molar-refractivity contribution in [3.63, 3.8) is 0 Å². The number of likely N-dealkylation sites (N-methyl/N-ethyl adjacent to an activating group) is 1. The number of nitrogens with zero attached hydrogens (tertiary/aromatic N) is 3. The van der Waals surface area contributed by atoms with Gasteiger partial charge in [0.15, 0.2) is 5.65 Å². The summed E-state index contributed by atoms with van der Waals surface area (Å²) in [6.45, 7) is 2.09. The molecule has 3 heterocycles. The SMILES string of the molecule is CN1CCc2c([nH]c3nccnc23)C1. The third-order valence-corrected chi connectivity index (χ3v) is 2.79. The van der Waals surface area contributed by atoms with E-state index in [0.717, 1.165) is 30.7 Å². The number of nitrogens with one attached hydrogen (secondary N) is 1. The molecule has 0 spiro atoms. The maximum Gasteiger partial charge on any atom is 0.156 e. The summed E-state index contributed by atoms with van der Waals surface area (Å²) in [4.78, 5) is 14.3. The number of hydrogen-bond donors (Lipinski definition) is 1. The zero-order chi connectivity index (χ0) is 9.54. The van der Waals surface area contributed by atoms with Gasteiger partial charge < -0.3 is 9.88 Å². The van der Waals surface area contributed by atoms with Crippen LogP contribution in [0.4, 0.5) is 0 Å². The van der Waals surface area contributed by atoms with Gasteiger partial charge in [-0.2, -0.15) is 0 Å². The van der Waals surface area contributed by atoms with Gasteiger partial charge in [0.25, 0.3) is 0 Å². The quantitative estimate of drug-likeness (QED) is 0.669. The lowest BCUT2D eigenvalue weighted by atomic mass is 10.1. The van der Waals surface area contributed by atoms with Crippen LogP contribution >= 0.6 is 0 Å². The number of fused-ring (bicyclic) bond motifs is 3. The first kappa shape index (κ1) is 7.94. The molecule has 14 heavy (non-hydrogen) atoms. The smallest absolute Gasteiger partial charge is 0.156 e. The Morgan fingerprint density at radius 2 is 2.21 bits per heavy atom. The Balaban J connectivity index is 2.24. The van der Waals surface area contributed by atoms with Crippen LogP contribution in [0.15, 0.2) is 12.4 Å². The standard InChI is InChI=1S/C10H12N4/c1-14-5-2-7-8(6-14)13-10-9(7)11-3-4-12-10/h3-4H,2,5-6H2,1H3,(H,12,13). The van der Waals surface area contributed by atoms with Crippen LogP contribution in [0.1, 0.15) is 11.3 Å². The van der Waals surface area contributed by atoms with E-state index in [4.69, 9.17) is 0 Å². The van der Waals surface area contributed by atoms with Crippen LogP contribution in [-0.2, 0) is 13.0 Å². The molecule has 0 atom stereocenters. The number of aromatic nitrogens is 3. The summed E-state index contributed by atoms with van der Waals surface area (Å²) in [6, 6.07) is 0. The predicted octanol–water partition coefficient (Wildman–Crippen LogP) is 0.946. The molecule has 0 fully saturated rings. The first-order chi connectivity index (χ1) is 6.84. The first-order valence-corrected chi connectivity index (χ1v) is 4.83. The molecular weight excluding hydrogens is 176 g/mol. The average molecular weight is 188 g/mol. The van der Waals surface area contributed by atoms with Gasteiger partial charge in [-0.05, 0) is 13.5 Å². The van der Waals surface area contributed by atoms with Crippen LogP contribution < -0.4 is 0 Å². The third kappa shape index (κ3) is 1.04. The van der Waals surface area contributed by atoms with Crippen molar-refractivity contribution in [2.24, 2.45) is 0 Å². The van der Waals surface area contributed by atoms with Crippen LogP contribution in [0.5, 0.6) is 0 Å². The fourth-order valence-corrected chi connectivity index (χ4v) is 2.07. The molecule has 0 bridgehead atoms. The van der Waals surface area contributed by atoms with Crippen LogP contribution in [0.2, 0.25) is 0 Å². The molecular formula is C10H12N4. The third-order valence-electron chi connectivity index (χ3n) is 2.79. The lowest BCUT2D eigenvalue weighted by molar-refractivity contribution is 0.310. The predicted molar refractivity (Wildman–Crippen MR) is 53.9 cm³/mol. The van der Waals surface area contributed by atoms with Gasteiger partial charge in [-0.3, -0.25) is 4.98 Å². The van der Waals surface area contributed by atoms with Crippen LogP contribution in [-0.4, -0.2) is 33.4 Å². The van der Waals surface area contributed by atoms with Crippen molar-refractivity contribution in [3.05, 3.63) is 23.7 Å². The maximum atomic E-state index is 4.37. The molecule has 72 valence electrons. The summed E-state index contributed by atoms with van der Waals surface area (Å²) >= 11 is 0. The van der Waals surface area contributed by atoms with Crippen molar-refractivity contribution >= 4 is 11.2 Å². The molecule has 0 amide bonds. The number of hydrogen-bond acceptors (Lipinski definition) is 3. The number of H-pyrrole nitrogens is 1. The van der Waals surface area contributed by atoms with Crippen LogP contribution in [0.25, 0.3) is 11.2 Å². The molecule has 0 aromatic carbocycles. The van der Waals surface area contributed by atoms with Gasteiger partial charge >= 0.3 is 0 Å². The zero-order valence-electron chi connectivity index (χ0n) is 8.12. The fourth-order valence-electron chi connectivity index (χ4n) is 2.07. The Bertz CT molecular complexity index is 474. The lowest BCUT2D eigenvalue weighted by Gasteiger charge is -2.21. The van der Waals surface area contributed by atoms with Gasteiger partial charge in [0.2, 0.25) is 0 Å². The van der Waals surface area contributed by atoms with Crippen molar-refractivity contribution in [3.8, 4) is 0 Å². The van der Waals surface area contributed by atoms with Crippen LogP contribution in [0, 0.1) is 0 Å². The molecule has 1 N–H and O–H groups in total. The maximum absolute atomic E-state index is 4.37. The molecule has 4 nitrogen and oxygen atoms in total. The van der Waals surface area contributed by atoms with Gasteiger partial charge in [0.1, 0.15) is 5.52 Å². The van der Waals surface area contributed by atoms with Gasteiger partial charge in [0, 0.05) is 36.7 Å². The summed E-state index contributed by atoms with van der Waals surface area (Å²) in [6.07, 6.45) is 4.56. The minimum Gasteiger partial charge on any atom is -0.340 e. The van der Waals surface area contributed by atoms with Crippen molar-refractivity contribution in [2.75, 3.05) is 13.6 Å². The van der Waals surface area contributed by atoms with Gasteiger partial charge in [0.05, 0.1) is 0 Å². The van der Waals surface area contributed by atoms with Crippen molar-refractivity contribution in [1.82, 2.24) is 19.9 Å². The molecule has 3 rings (SSSR count). The lowest BCUT2D eigenvalue weighted by Crippen LogP contribution is -2.26. The van der Waals surface area contributed by atoms with E-state index >= 15 is 0 Å². The average Bonchev–Trinajstić information content (AvgIpc) is 2.54. The molecule has 0 saturated heterocycles. The molecule has 0 saturated carbocycles. The molecule has 0 unspecified atom stereocenters. The fraction of sp³-hybridized carbons (Fsp3) is 0.400. The monoisotopic (exact) mass is 188 g/mol. The second-order valence-corrected chi connectivity index (χ2v) is 3.82. The summed E-state index contributed by atoms with van der Waals surface area (Å²) in [5.41, 5.74) is 4.61. The topological polar surface area (TPSA) is 44.8 Å². The molecule has 0 radical (unpaired) electrons. The number of rotatable bonds is 0. The normalized spacial score (nSPS) is 17.2. The van der Waals surface area contributed by atoms with E-state index in [1.165, 1.54) is 11.3 Å². The Kier molecular flexibility index (Phi) is 1.58. The summed E-state index contributed by atoms with van der Waals surface area (Å²) in [5, 5.41) is 0. The Morgan fingerprint density at radius 1 is 1.36 bits per heavy atom. The van der Waals surface area contributed by atoms with E-state index in [0.29, 0.717) is 0 Å². The minimum absolute atomic E-state index is 0.924. The second-order valence-electron chi connectivity index (χ2n) is 3.82. The summed E-state index contributed by atoms with van der Waals surface area (Å²) in [7, 11) is 2.13. The molecule has 0 aliphatic carbocycles. The van der Waals surface area contributed by atoms with E-state index in [9.17, 15) is 0 Å². The highest BCUT2D eigenvalue weighted by molar-refractivity contribution is 5.76. The Hall–Kier alpha value is -1.42. The van der Waals surface area contributed by atoms with Crippen LogP contribution in [0.3, 0.4) is 0 Å². The molecule has 1 aliphatic rings. The van der Waals surface area contributed by atoms with E-state index in [2.05, 4.69) is 26.9 Å². The molecule has 2 aromatic heterocycles. The summed E-state index contributed by atoms with van der Waals surface area (Å²) in [5.74, 6) is 0. The Morgan fingerprint density at radius 3 is 3.14 bits per heavy atom. The molecule has 1 aliphatic heterocycles. The van der Waals surface area contributed by atoms with Crippen molar-refractivity contribution in [1.29, 1.82) is 0 Å². The second kappa shape index (κ2) is 2.78. The summed E-state index contributed by atoms with van der Waals surface area (Å²) < 4.78 is 0. The first-order valence-electron chi connectivity index (χ1n) is 4.83. The van der Waals surface area contributed by atoms with Crippen molar-refractivity contribution in [2.45, 2.75) is 13.0 Å². The van der Waals surface area contributed by atoms with E-state index in [1.807, 2.05) is 0 Å². The highest BCUT2D eigenvalue weighted by atomic mass is 15.1. The Labute approximate surface area is 82.0 Å². The molecule has 2 aromatic rings. The van der Waals surface area contributed by atoms with E-state index < -0.39 is 0 Å². The van der Waals surface area contributed by atoms with E-state index in [-0.39, 0.29) is 0 Å². The highest BCUT2D eigenvalue weighted by Gasteiger charge is 2.18. The molecule has 4 heteroatoms.